The van der Waals surface area contributed by atoms with Crippen molar-refractivity contribution in [3.63, 3.8) is 0 Å². The highest BCUT2D eigenvalue weighted by Gasteiger charge is 2.37. The predicted molar refractivity (Wildman–Crippen MR) is 133 cm³/mol. The Morgan fingerprint density at radius 3 is 2.47 bits per heavy atom. The molecular weight excluding hydrogens is 484 g/mol. The van der Waals surface area contributed by atoms with Crippen LogP contribution in [0.25, 0.3) is 10.9 Å². The lowest BCUT2D eigenvalue weighted by Gasteiger charge is -2.31. The normalized spacial score (nSPS) is 16.2. The summed E-state index contributed by atoms with van der Waals surface area (Å²) in [5.41, 5.74) is 3.97. The number of halogens is 1. The molecule has 5 rings (SSSR count). The van der Waals surface area contributed by atoms with Crippen LogP contribution in [0.2, 0.25) is 0 Å². The summed E-state index contributed by atoms with van der Waals surface area (Å²) >= 11 is 3.55. The summed E-state index contributed by atoms with van der Waals surface area (Å²) in [6.07, 6.45) is 4.75. The molecule has 0 amide bonds. The fourth-order valence-corrected chi connectivity index (χ4v) is 6.56. The van der Waals surface area contributed by atoms with Gasteiger partial charge in [0.2, 0.25) is 0 Å². The number of para-hydroxylation sites is 1. The summed E-state index contributed by atoms with van der Waals surface area (Å²) in [6.45, 7) is 1.96. The van der Waals surface area contributed by atoms with Crippen LogP contribution in [0.1, 0.15) is 22.7 Å². The third-order valence-corrected chi connectivity index (χ3v) is 8.33. The topological polar surface area (TPSA) is 42.3 Å². The number of nitrogens with zero attached hydrogens (tertiary/aromatic N) is 2. The van der Waals surface area contributed by atoms with E-state index in [-0.39, 0.29) is 4.90 Å². The van der Waals surface area contributed by atoms with Gasteiger partial charge in [-0.05, 0) is 49.2 Å². The van der Waals surface area contributed by atoms with Crippen LogP contribution in [0.15, 0.2) is 94.3 Å². The lowest BCUT2D eigenvalue weighted by atomic mass is 10.1. The van der Waals surface area contributed by atoms with Crippen molar-refractivity contribution in [1.82, 2.24) is 4.57 Å². The Kier molecular flexibility index (Phi) is 5.22. The van der Waals surface area contributed by atoms with Gasteiger partial charge in [0.15, 0.2) is 0 Å². The zero-order chi connectivity index (χ0) is 22.5. The average Bonchev–Trinajstić information content (AvgIpc) is 2.93. The van der Waals surface area contributed by atoms with Crippen molar-refractivity contribution in [3.05, 3.63) is 106 Å². The fraction of sp³-hybridized carbons (Fsp3) is 0.154. The molecule has 0 saturated carbocycles. The maximum atomic E-state index is 14.2. The van der Waals surface area contributed by atoms with Crippen molar-refractivity contribution in [3.8, 4) is 0 Å². The van der Waals surface area contributed by atoms with Crippen LogP contribution < -0.4 is 4.31 Å². The van der Waals surface area contributed by atoms with Gasteiger partial charge in [0.05, 0.1) is 10.9 Å². The highest BCUT2D eigenvalue weighted by molar-refractivity contribution is 9.10. The predicted octanol–water partition coefficient (Wildman–Crippen LogP) is 6.30. The summed E-state index contributed by atoms with van der Waals surface area (Å²) in [4.78, 5) is 0.287. The van der Waals surface area contributed by atoms with E-state index in [1.165, 1.54) is 0 Å². The summed E-state index contributed by atoms with van der Waals surface area (Å²) in [5, 5.41) is 1.08. The van der Waals surface area contributed by atoms with Crippen LogP contribution in [0.4, 0.5) is 5.82 Å². The van der Waals surface area contributed by atoms with Gasteiger partial charge in [-0.3, -0.25) is 0 Å². The first-order valence-corrected chi connectivity index (χ1v) is 12.7. The van der Waals surface area contributed by atoms with E-state index in [0.29, 0.717) is 12.2 Å². The molecule has 0 radical (unpaired) electrons. The Hall–Kier alpha value is -2.83. The van der Waals surface area contributed by atoms with E-state index in [4.69, 9.17) is 0 Å². The van der Waals surface area contributed by atoms with Crippen molar-refractivity contribution in [1.29, 1.82) is 0 Å². The zero-order valence-electron chi connectivity index (χ0n) is 17.9. The van der Waals surface area contributed by atoms with E-state index in [1.807, 2.05) is 79.2 Å². The number of aryl methyl sites for hydroxylation is 2. The Morgan fingerprint density at radius 2 is 1.72 bits per heavy atom. The number of anilines is 1. The maximum Gasteiger partial charge on any atom is 0.266 e. The number of allylic oxidation sites excluding steroid dienone is 1. The van der Waals surface area contributed by atoms with E-state index >= 15 is 0 Å². The first-order valence-electron chi connectivity index (χ1n) is 10.5. The Bertz CT molecular complexity index is 1450. The first kappa shape index (κ1) is 21.0. The molecule has 0 spiro atoms. The van der Waals surface area contributed by atoms with Gasteiger partial charge in [-0.2, -0.15) is 0 Å². The van der Waals surface area contributed by atoms with Crippen LogP contribution in [0.5, 0.6) is 0 Å². The number of benzene rings is 3. The molecular formula is C26H23BrN2O2S. The zero-order valence-corrected chi connectivity index (χ0v) is 20.3. The number of sulfonamides is 1. The van der Waals surface area contributed by atoms with Crippen LogP contribution in [0.3, 0.4) is 0 Å². The smallest absolute Gasteiger partial charge is 0.266 e. The van der Waals surface area contributed by atoms with Gasteiger partial charge in [0.25, 0.3) is 10.0 Å². The van der Waals surface area contributed by atoms with Crippen molar-refractivity contribution in [2.75, 3.05) is 4.31 Å². The van der Waals surface area contributed by atoms with E-state index in [1.54, 1.807) is 16.4 Å². The number of hydrogen-bond donors (Lipinski definition) is 0. The highest BCUT2D eigenvalue weighted by atomic mass is 79.9. The monoisotopic (exact) mass is 506 g/mol. The summed E-state index contributed by atoms with van der Waals surface area (Å²) < 4.78 is 32.9. The Morgan fingerprint density at radius 1 is 0.969 bits per heavy atom. The second kappa shape index (κ2) is 7.94. The third kappa shape index (κ3) is 3.38. The lowest BCUT2D eigenvalue weighted by molar-refractivity contribution is 0.585. The molecule has 0 aliphatic carbocycles. The van der Waals surface area contributed by atoms with Crippen molar-refractivity contribution in [2.24, 2.45) is 7.05 Å². The quantitative estimate of drug-likeness (QED) is 0.306. The van der Waals surface area contributed by atoms with Crippen LogP contribution in [-0.2, 0) is 23.5 Å². The molecule has 0 fully saturated rings. The second-order valence-electron chi connectivity index (χ2n) is 8.12. The molecule has 0 unspecified atom stereocenters. The Balaban J connectivity index is 1.82. The minimum atomic E-state index is -3.85. The minimum Gasteiger partial charge on any atom is -0.329 e. The average molecular weight is 507 g/mol. The SMILES string of the molecule is Cc1ccc(S(=O)(=O)N2c3c(c4ccccc4n3C)CC=C[C@H]2c2cccc(Br)c2)cc1. The highest BCUT2D eigenvalue weighted by Crippen LogP contribution is 2.43. The lowest BCUT2D eigenvalue weighted by Crippen LogP contribution is -2.35. The number of hydrogen-bond acceptors (Lipinski definition) is 2. The second-order valence-corrected chi connectivity index (χ2v) is 10.9. The maximum absolute atomic E-state index is 14.2. The van der Waals surface area contributed by atoms with Crippen molar-refractivity contribution >= 4 is 42.7 Å². The van der Waals surface area contributed by atoms with E-state index in [0.717, 1.165) is 32.1 Å². The standard InChI is InChI=1S/C26H23BrN2O2S/c1-18-13-15-21(16-14-18)32(30,31)29-24(19-7-5-8-20(27)17-19)12-6-10-23-22-9-3-4-11-25(22)28(2)26(23)29/h3-9,11-17,24H,10H2,1-2H3/t24-/m0/s1. The molecule has 6 heteroatoms. The molecule has 4 aromatic rings. The van der Waals surface area contributed by atoms with E-state index < -0.39 is 16.1 Å². The molecule has 1 atom stereocenters. The number of aromatic nitrogens is 1. The number of rotatable bonds is 3. The van der Waals surface area contributed by atoms with Gasteiger partial charge >= 0.3 is 0 Å². The van der Waals surface area contributed by atoms with Gasteiger partial charge in [-0.25, -0.2) is 12.7 Å². The first-order chi connectivity index (χ1) is 15.4. The largest absolute Gasteiger partial charge is 0.329 e. The van der Waals surface area contributed by atoms with E-state index in [2.05, 4.69) is 28.1 Å². The third-order valence-electron chi connectivity index (χ3n) is 6.05. The molecule has 162 valence electrons. The summed E-state index contributed by atoms with van der Waals surface area (Å²) in [6, 6.07) is 22.6. The van der Waals surface area contributed by atoms with Gasteiger partial charge in [0.1, 0.15) is 5.82 Å². The summed E-state index contributed by atoms with van der Waals surface area (Å²) in [5.74, 6) is 0.710. The molecule has 1 aliphatic heterocycles. The number of fused-ring (bicyclic) bond motifs is 3. The molecule has 3 aromatic carbocycles. The molecule has 32 heavy (non-hydrogen) atoms. The van der Waals surface area contributed by atoms with Gasteiger partial charge in [0, 0.05) is 28.0 Å². The van der Waals surface area contributed by atoms with Crippen LogP contribution in [0, 0.1) is 6.92 Å². The minimum absolute atomic E-state index is 0.287. The van der Waals surface area contributed by atoms with Gasteiger partial charge in [-0.15, -0.1) is 0 Å². The van der Waals surface area contributed by atoms with E-state index in [9.17, 15) is 8.42 Å². The van der Waals surface area contributed by atoms with Gasteiger partial charge < -0.3 is 4.57 Å². The molecule has 0 N–H and O–H groups in total. The molecule has 0 bridgehead atoms. The van der Waals surface area contributed by atoms with Crippen LogP contribution >= 0.6 is 15.9 Å². The molecule has 2 heterocycles. The van der Waals surface area contributed by atoms with Crippen molar-refractivity contribution < 1.29 is 8.42 Å². The Labute approximate surface area is 197 Å². The molecule has 4 nitrogen and oxygen atoms in total. The molecule has 0 saturated heterocycles. The van der Waals surface area contributed by atoms with Crippen molar-refractivity contribution in [2.45, 2.75) is 24.3 Å². The molecule has 1 aliphatic rings. The van der Waals surface area contributed by atoms with Gasteiger partial charge in [-0.1, -0.05) is 76.1 Å². The van der Waals surface area contributed by atoms with Crippen LogP contribution in [-0.4, -0.2) is 13.0 Å². The fourth-order valence-electron chi connectivity index (χ4n) is 4.49. The molecule has 1 aromatic heterocycles. The summed E-state index contributed by atoms with van der Waals surface area (Å²) in [7, 11) is -1.90.